The molecule has 0 saturated heterocycles. The lowest BCUT2D eigenvalue weighted by molar-refractivity contribution is -0.147. The number of hydrogen-bond donors (Lipinski definition) is 3. The number of esters is 3. The van der Waals surface area contributed by atoms with Gasteiger partial charge < -0.3 is 29.5 Å². The molecule has 18 nitrogen and oxygen atoms in total. The van der Waals surface area contributed by atoms with Crippen molar-refractivity contribution in [1.29, 1.82) is 0 Å². The van der Waals surface area contributed by atoms with Gasteiger partial charge in [-0.3, -0.25) is 14.4 Å². The molecule has 24 heteroatoms. The van der Waals surface area contributed by atoms with Crippen molar-refractivity contribution >= 4 is 87.2 Å². The molecule has 3 N–H and O–H groups in total. The Bertz CT molecular complexity index is 1640. The number of carbonyl (C=O) groups excluding carboxylic acids is 3. The van der Waals surface area contributed by atoms with Crippen LogP contribution >= 0.6 is 69.3 Å². The first kappa shape index (κ1) is 40.4. The van der Waals surface area contributed by atoms with Crippen molar-refractivity contribution in [3.8, 4) is 0 Å². The molecule has 0 fully saturated rings. The highest BCUT2D eigenvalue weighted by atomic mass is 32.2. The maximum Gasteiger partial charge on any atom is 0.337 e. The number of rotatable bonds is 21. The molecule has 0 aliphatic heterocycles. The van der Waals surface area contributed by atoms with Gasteiger partial charge in [0.05, 0.1) is 18.3 Å². The van der Waals surface area contributed by atoms with Crippen molar-refractivity contribution in [3.63, 3.8) is 0 Å². The average Bonchev–Trinajstić information content (AvgIpc) is 3.93. The minimum Gasteiger partial charge on any atom is -0.462 e. The fourth-order valence-electron chi connectivity index (χ4n) is 3.67. The predicted octanol–water partition coefficient (Wildman–Crippen LogP) is -0.370. The maximum atomic E-state index is 13.3. The summed E-state index contributed by atoms with van der Waals surface area (Å²) < 4.78 is 17.9. The summed E-state index contributed by atoms with van der Waals surface area (Å²) in [5, 5.41) is 35.8. The van der Waals surface area contributed by atoms with Gasteiger partial charge in [-0.1, -0.05) is 35.3 Å². The Balaban J connectivity index is 1.43. The Morgan fingerprint density at radius 2 is 0.843 bits per heavy atom. The lowest BCUT2D eigenvalue weighted by Crippen LogP contribution is -2.56. The monoisotopic (exact) mass is 822 g/mol. The molecule has 3 atom stereocenters. The summed E-state index contributed by atoms with van der Waals surface area (Å²) in [6, 6.07) is 0. The summed E-state index contributed by atoms with van der Waals surface area (Å²) in [7, 11) is 0. The number of ether oxygens (including phenoxy) is 3. The fourth-order valence-corrected chi connectivity index (χ4v) is 8.38. The number of carbonyl (C=O) groups is 3. The summed E-state index contributed by atoms with van der Waals surface area (Å²) in [6.07, 6.45) is 1.39. The molecule has 4 aromatic heterocycles. The van der Waals surface area contributed by atoms with Gasteiger partial charge >= 0.3 is 35.0 Å². The van der Waals surface area contributed by atoms with Crippen molar-refractivity contribution in [1.82, 2.24) is 28.7 Å². The minimum absolute atomic E-state index is 0.124. The first-order valence-electron chi connectivity index (χ1n) is 14.5. The first-order valence-corrected chi connectivity index (χ1v) is 20.1. The van der Waals surface area contributed by atoms with Crippen LogP contribution in [-0.4, -0.2) is 117 Å². The highest BCUT2D eigenvalue weighted by molar-refractivity contribution is 8.01. The summed E-state index contributed by atoms with van der Waals surface area (Å²) in [6.45, 7) is -4.63. The van der Waals surface area contributed by atoms with Crippen LogP contribution in [0.4, 0.5) is 0 Å². The van der Waals surface area contributed by atoms with Crippen LogP contribution in [0.1, 0.15) is 0 Å². The van der Waals surface area contributed by atoms with E-state index in [1.54, 1.807) is 34.7 Å². The molecule has 4 heterocycles. The number of aliphatic hydroxyl groups is 3. The van der Waals surface area contributed by atoms with E-state index in [4.69, 9.17) is 14.2 Å². The van der Waals surface area contributed by atoms with Crippen molar-refractivity contribution in [2.24, 2.45) is 0 Å². The fraction of sp³-hybridized carbons (Fsp3) is 0.444. The average molecular weight is 823 g/mol. The molecule has 0 saturated carbocycles. The van der Waals surface area contributed by atoms with E-state index < -0.39 is 92.7 Å². The zero-order chi connectivity index (χ0) is 36.8. The molecule has 51 heavy (non-hydrogen) atoms. The van der Waals surface area contributed by atoms with E-state index in [1.807, 2.05) is 0 Å². The van der Waals surface area contributed by atoms with Gasteiger partial charge in [-0.2, -0.15) is 0 Å². The summed E-state index contributed by atoms with van der Waals surface area (Å²) >= 11 is 7.72. The molecular weight excluding hydrogens is 793 g/mol. The molecule has 0 radical (unpaired) electrons. The van der Waals surface area contributed by atoms with E-state index in [9.17, 15) is 44.1 Å². The van der Waals surface area contributed by atoms with Crippen LogP contribution in [0.15, 0.2) is 62.1 Å². The van der Waals surface area contributed by atoms with Gasteiger partial charge in [0.15, 0.2) is 0 Å². The van der Waals surface area contributed by atoms with Gasteiger partial charge in [0.2, 0.25) is 0 Å². The molecule has 0 aliphatic carbocycles. The van der Waals surface area contributed by atoms with E-state index in [1.165, 1.54) is 69.3 Å². The molecule has 0 aliphatic rings. The number of aliphatic hydroxyl groups excluding tert-OH is 3. The standard InChI is InChI=1S/C27H30N6O12S6/c34-16(13-49-22-28-1-4-46-22)10-43-19(37)7-31-25(40)32(8-20(38)44-11-17(35)14-50-23-29-2-5-47-23)27(42)33(26(31)41)9-21(39)45-12-18(36)15-51-24-30-3-6-48-24/h1-6,16-18,34-36H,7-15H2. The molecule has 3 unspecified atom stereocenters. The number of thioether (sulfide) groups is 3. The number of aromatic nitrogens is 6. The molecular formula is C27H30N6O12S6. The molecule has 0 amide bonds. The van der Waals surface area contributed by atoms with E-state index in [0.29, 0.717) is 13.0 Å². The number of hydrogen-bond acceptors (Lipinski definition) is 21. The second-order valence-electron chi connectivity index (χ2n) is 9.94. The van der Waals surface area contributed by atoms with Crippen LogP contribution < -0.4 is 17.1 Å². The molecule has 0 spiro atoms. The largest absolute Gasteiger partial charge is 0.462 e. The lowest BCUT2D eigenvalue weighted by Gasteiger charge is -2.15. The summed E-state index contributed by atoms with van der Waals surface area (Å²) in [4.78, 5) is 90.0. The smallest absolute Gasteiger partial charge is 0.337 e. The van der Waals surface area contributed by atoms with E-state index >= 15 is 0 Å². The van der Waals surface area contributed by atoms with Gasteiger partial charge in [-0.25, -0.2) is 43.0 Å². The second kappa shape index (κ2) is 20.6. The Morgan fingerprint density at radius 1 is 0.569 bits per heavy atom. The summed E-state index contributed by atoms with van der Waals surface area (Å²) in [5.74, 6) is -3.05. The molecule has 276 valence electrons. The van der Waals surface area contributed by atoms with Crippen LogP contribution in [0.3, 0.4) is 0 Å². The Hall–Kier alpha value is -3.36. The van der Waals surface area contributed by atoms with E-state index in [2.05, 4.69) is 15.0 Å². The maximum absolute atomic E-state index is 13.3. The van der Waals surface area contributed by atoms with Crippen molar-refractivity contribution in [2.45, 2.75) is 51.0 Å². The highest BCUT2D eigenvalue weighted by Gasteiger charge is 2.23. The van der Waals surface area contributed by atoms with E-state index in [0.717, 1.165) is 0 Å². The number of nitrogens with zero attached hydrogens (tertiary/aromatic N) is 6. The SMILES string of the molecule is O=C(Cn1c(=O)n(CC(=O)OCC(O)CSc2nccs2)c(=O)n(CC(=O)OCC(O)CSc2nccs2)c1=O)OCC(O)CSc1nccs1. The van der Waals surface area contributed by atoms with Crippen LogP contribution in [0.5, 0.6) is 0 Å². The normalized spacial score (nSPS) is 13.0. The third kappa shape index (κ3) is 13.3. The second-order valence-corrected chi connectivity index (χ2v) is 16.4. The minimum atomic E-state index is -1.39. The van der Waals surface area contributed by atoms with Gasteiger partial charge in [-0.05, 0) is 0 Å². The van der Waals surface area contributed by atoms with E-state index in [-0.39, 0.29) is 31.0 Å². The van der Waals surface area contributed by atoms with Crippen LogP contribution in [-0.2, 0) is 48.2 Å². The van der Waals surface area contributed by atoms with Crippen LogP contribution in [0, 0.1) is 0 Å². The quantitative estimate of drug-likeness (QED) is 0.0551. The Morgan fingerprint density at radius 3 is 1.08 bits per heavy atom. The van der Waals surface area contributed by atoms with Gasteiger partial charge in [0, 0.05) is 52.0 Å². The van der Waals surface area contributed by atoms with Gasteiger partial charge in [0.1, 0.15) is 52.5 Å². The zero-order valence-electron chi connectivity index (χ0n) is 26.2. The number of thiazole rings is 3. The van der Waals surface area contributed by atoms with Crippen molar-refractivity contribution < 1.29 is 43.9 Å². The lowest BCUT2D eigenvalue weighted by atomic mass is 10.4. The van der Waals surface area contributed by atoms with Gasteiger partial charge in [0.25, 0.3) is 0 Å². The van der Waals surface area contributed by atoms with Crippen LogP contribution in [0.25, 0.3) is 0 Å². The van der Waals surface area contributed by atoms with Gasteiger partial charge in [-0.15, -0.1) is 34.0 Å². The summed E-state index contributed by atoms with van der Waals surface area (Å²) in [5.41, 5.74) is -4.17. The zero-order valence-corrected chi connectivity index (χ0v) is 31.1. The molecule has 4 aromatic rings. The Labute approximate surface area is 312 Å². The van der Waals surface area contributed by atoms with Crippen LogP contribution in [0.2, 0.25) is 0 Å². The Kier molecular flexibility index (Phi) is 16.3. The topological polar surface area (TPSA) is 244 Å². The first-order chi connectivity index (χ1) is 24.5. The molecule has 0 bridgehead atoms. The molecule has 0 aromatic carbocycles. The third-order valence-electron chi connectivity index (χ3n) is 5.98. The highest BCUT2D eigenvalue weighted by Crippen LogP contribution is 2.22. The van der Waals surface area contributed by atoms with Crippen molar-refractivity contribution in [2.75, 3.05) is 37.1 Å². The third-order valence-corrected chi connectivity index (χ3v) is 12.3. The molecule has 4 rings (SSSR count). The van der Waals surface area contributed by atoms with Crippen molar-refractivity contribution in [3.05, 3.63) is 66.2 Å². The predicted molar refractivity (Wildman–Crippen MR) is 189 cm³/mol.